The third-order valence-corrected chi connectivity index (χ3v) is 3.04. The number of carbonyl (C=O) groups is 2. The summed E-state index contributed by atoms with van der Waals surface area (Å²) in [5.41, 5.74) is 6.37. The first-order valence-electron chi connectivity index (χ1n) is 6.89. The number of fused-ring (bicyclic) bond motifs is 1. The number of carbonyl (C=O) groups excluding carboxylic acids is 2. The lowest BCUT2D eigenvalue weighted by atomic mass is 10.4. The van der Waals surface area contributed by atoms with Crippen LogP contribution in [0.15, 0.2) is 6.33 Å². The van der Waals surface area contributed by atoms with Crippen LogP contribution in [0.4, 0.5) is 5.95 Å². The number of ether oxygens (including phenoxy) is 3. The lowest BCUT2D eigenvalue weighted by Crippen LogP contribution is -2.29. The molecule has 2 aromatic rings. The fraction of sp³-hybridized carbons (Fsp3) is 0.462. The predicted molar refractivity (Wildman–Crippen MR) is 82.9 cm³/mol. The number of nitrogens with zero attached hydrogens (tertiary/aromatic N) is 4. The average molecular weight is 358 g/mol. The molecule has 2 heterocycles. The van der Waals surface area contributed by atoms with E-state index < -0.39 is 18.0 Å². The van der Waals surface area contributed by atoms with Crippen molar-refractivity contribution >= 4 is 40.7 Å². The Morgan fingerprint density at radius 2 is 2.04 bits per heavy atom. The van der Waals surface area contributed by atoms with Crippen LogP contribution in [-0.4, -0.2) is 50.8 Å². The smallest absolute Gasteiger partial charge is 0.303 e. The van der Waals surface area contributed by atoms with Gasteiger partial charge in [-0.05, 0) is 0 Å². The molecule has 24 heavy (non-hydrogen) atoms. The molecule has 0 amide bonds. The van der Waals surface area contributed by atoms with Crippen LogP contribution in [0.2, 0.25) is 5.15 Å². The van der Waals surface area contributed by atoms with Crippen LogP contribution in [0.3, 0.4) is 0 Å². The van der Waals surface area contributed by atoms with Gasteiger partial charge in [-0.1, -0.05) is 11.6 Å². The second kappa shape index (κ2) is 7.88. The van der Waals surface area contributed by atoms with Crippen molar-refractivity contribution in [2.75, 3.05) is 18.9 Å². The molecule has 0 spiro atoms. The van der Waals surface area contributed by atoms with Crippen molar-refractivity contribution in [3.8, 4) is 0 Å². The Balaban J connectivity index is 1.98. The van der Waals surface area contributed by atoms with Crippen molar-refractivity contribution in [2.45, 2.75) is 26.7 Å². The number of anilines is 1. The summed E-state index contributed by atoms with van der Waals surface area (Å²) in [6, 6.07) is 0. The fourth-order valence-corrected chi connectivity index (χ4v) is 2.08. The molecule has 0 saturated carbocycles. The molecule has 2 aromatic heterocycles. The molecule has 0 aliphatic carbocycles. The zero-order valence-electron chi connectivity index (χ0n) is 13.1. The third-order valence-electron chi connectivity index (χ3n) is 2.78. The van der Waals surface area contributed by atoms with Gasteiger partial charge in [0.25, 0.3) is 0 Å². The molecule has 11 heteroatoms. The quantitative estimate of drug-likeness (QED) is 0.556. The zero-order chi connectivity index (χ0) is 17.7. The van der Waals surface area contributed by atoms with Crippen molar-refractivity contribution in [1.29, 1.82) is 0 Å². The number of nitrogen functional groups attached to an aromatic ring is 1. The highest BCUT2D eigenvalue weighted by Crippen LogP contribution is 2.19. The van der Waals surface area contributed by atoms with Crippen LogP contribution in [-0.2, 0) is 30.5 Å². The molecule has 0 aromatic carbocycles. The Kier molecular flexibility index (Phi) is 5.88. The molecular formula is C13H16ClN5O5. The summed E-state index contributed by atoms with van der Waals surface area (Å²) in [5, 5.41) is 0.142. The second-order valence-electron chi connectivity index (χ2n) is 4.79. The van der Waals surface area contributed by atoms with Gasteiger partial charge in [-0.25, -0.2) is 4.98 Å². The predicted octanol–water partition coefficient (Wildman–Crippen LogP) is 0.531. The average Bonchev–Trinajstić information content (AvgIpc) is 2.87. The van der Waals surface area contributed by atoms with E-state index in [9.17, 15) is 9.59 Å². The van der Waals surface area contributed by atoms with Gasteiger partial charge in [0.15, 0.2) is 16.9 Å². The van der Waals surface area contributed by atoms with Crippen LogP contribution in [0.1, 0.15) is 13.8 Å². The van der Waals surface area contributed by atoms with Gasteiger partial charge in [0.2, 0.25) is 5.95 Å². The first-order valence-corrected chi connectivity index (χ1v) is 7.26. The standard InChI is InChI=1S/C13H16ClN5O5/c1-7(20)23-4-9(24-8(2)21)3-22-6-19-5-16-10-11(14)17-13(15)18-12(10)19/h5,9H,3-4,6H2,1-2H3,(H2,15,17,18). The largest absolute Gasteiger partial charge is 0.462 e. The molecule has 2 N–H and O–H groups in total. The van der Waals surface area contributed by atoms with Crippen molar-refractivity contribution < 1.29 is 23.8 Å². The summed E-state index contributed by atoms with van der Waals surface area (Å²) in [4.78, 5) is 33.8. The summed E-state index contributed by atoms with van der Waals surface area (Å²) >= 11 is 5.93. The lowest BCUT2D eigenvalue weighted by Gasteiger charge is -2.17. The summed E-state index contributed by atoms with van der Waals surface area (Å²) in [7, 11) is 0. The molecule has 1 atom stereocenters. The fourth-order valence-electron chi connectivity index (χ4n) is 1.86. The SMILES string of the molecule is CC(=O)OCC(COCn1cnc2c(Cl)nc(N)nc21)OC(C)=O. The molecule has 0 aliphatic heterocycles. The normalized spacial score (nSPS) is 12.1. The van der Waals surface area contributed by atoms with Gasteiger partial charge in [-0.15, -0.1) is 0 Å². The van der Waals surface area contributed by atoms with Crippen LogP contribution in [0.25, 0.3) is 11.2 Å². The van der Waals surface area contributed by atoms with Gasteiger partial charge in [0.1, 0.15) is 18.9 Å². The number of aromatic nitrogens is 4. The van der Waals surface area contributed by atoms with Gasteiger partial charge in [-0.2, -0.15) is 9.97 Å². The molecule has 0 fully saturated rings. The van der Waals surface area contributed by atoms with Gasteiger partial charge in [0.05, 0.1) is 12.9 Å². The maximum absolute atomic E-state index is 11.1. The van der Waals surface area contributed by atoms with Gasteiger partial charge >= 0.3 is 11.9 Å². The third kappa shape index (κ3) is 4.77. The molecule has 1 unspecified atom stereocenters. The van der Waals surface area contributed by atoms with E-state index in [1.807, 2.05) is 0 Å². The number of esters is 2. The number of imidazole rings is 1. The van der Waals surface area contributed by atoms with Crippen molar-refractivity contribution in [1.82, 2.24) is 19.5 Å². The molecule has 10 nitrogen and oxygen atoms in total. The van der Waals surface area contributed by atoms with Crippen molar-refractivity contribution in [2.24, 2.45) is 0 Å². The van der Waals surface area contributed by atoms with Crippen molar-refractivity contribution in [3.63, 3.8) is 0 Å². The maximum Gasteiger partial charge on any atom is 0.303 e. The minimum atomic E-state index is -0.718. The summed E-state index contributed by atoms with van der Waals surface area (Å²) in [6.45, 7) is 2.49. The molecule has 0 bridgehead atoms. The summed E-state index contributed by atoms with van der Waals surface area (Å²) in [5.74, 6) is -0.965. The van der Waals surface area contributed by atoms with E-state index >= 15 is 0 Å². The van der Waals surface area contributed by atoms with Crippen LogP contribution in [0, 0.1) is 0 Å². The maximum atomic E-state index is 11.1. The first-order chi connectivity index (χ1) is 11.4. The van der Waals surface area contributed by atoms with E-state index in [0.29, 0.717) is 11.2 Å². The molecule has 0 aliphatic rings. The minimum Gasteiger partial charge on any atom is -0.462 e. The van der Waals surface area contributed by atoms with Crippen LogP contribution in [0.5, 0.6) is 0 Å². The number of hydrogen-bond acceptors (Lipinski definition) is 9. The number of halogens is 1. The molecule has 2 rings (SSSR count). The topological polar surface area (TPSA) is 131 Å². The molecule has 0 saturated heterocycles. The Hall–Kier alpha value is -2.46. The van der Waals surface area contributed by atoms with E-state index in [1.54, 1.807) is 4.57 Å². The Labute approximate surface area is 141 Å². The van der Waals surface area contributed by atoms with Crippen LogP contribution >= 0.6 is 11.6 Å². The second-order valence-corrected chi connectivity index (χ2v) is 5.15. The van der Waals surface area contributed by atoms with Gasteiger partial charge in [-0.3, -0.25) is 14.2 Å². The highest BCUT2D eigenvalue weighted by molar-refractivity contribution is 6.33. The van der Waals surface area contributed by atoms with E-state index in [-0.39, 0.29) is 31.0 Å². The summed E-state index contributed by atoms with van der Waals surface area (Å²) < 4.78 is 16.9. The number of hydrogen-bond donors (Lipinski definition) is 1. The van der Waals surface area contributed by atoms with Gasteiger partial charge < -0.3 is 19.9 Å². The highest BCUT2D eigenvalue weighted by atomic mass is 35.5. The summed E-state index contributed by atoms with van der Waals surface area (Å²) in [6.07, 6.45) is 0.752. The van der Waals surface area contributed by atoms with E-state index in [2.05, 4.69) is 15.0 Å². The highest BCUT2D eigenvalue weighted by Gasteiger charge is 2.15. The molecule has 0 radical (unpaired) electrons. The van der Waals surface area contributed by atoms with Crippen molar-refractivity contribution in [3.05, 3.63) is 11.5 Å². The van der Waals surface area contributed by atoms with E-state index in [4.69, 9.17) is 31.5 Å². The minimum absolute atomic E-state index is 0.0147. The number of nitrogens with two attached hydrogens (primary N) is 1. The first kappa shape index (κ1) is 17.9. The van der Waals surface area contributed by atoms with Gasteiger partial charge in [0, 0.05) is 13.8 Å². The van der Waals surface area contributed by atoms with E-state index in [1.165, 1.54) is 20.2 Å². The Bertz CT molecular complexity index is 750. The van der Waals surface area contributed by atoms with Crippen LogP contribution < -0.4 is 5.73 Å². The molecular weight excluding hydrogens is 342 g/mol. The Morgan fingerprint density at radius 3 is 2.71 bits per heavy atom. The zero-order valence-corrected chi connectivity index (χ0v) is 13.8. The van der Waals surface area contributed by atoms with E-state index in [0.717, 1.165) is 0 Å². The lowest BCUT2D eigenvalue weighted by molar-refractivity contribution is -0.160. The Morgan fingerprint density at radius 1 is 1.29 bits per heavy atom. The molecule has 130 valence electrons. The number of rotatable bonds is 7. The monoisotopic (exact) mass is 357 g/mol.